The number of benzene rings is 3. The number of para-hydroxylation sites is 1. The molecule has 1 heterocycles. The molecule has 0 aliphatic rings. The molecule has 0 saturated carbocycles. The van der Waals surface area contributed by atoms with Gasteiger partial charge in [0.15, 0.2) is 0 Å². The second-order valence-electron chi connectivity index (χ2n) is 6.85. The van der Waals surface area contributed by atoms with Crippen molar-refractivity contribution >= 4 is 28.6 Å². The van der Waals surface area contributed by atoms with E-state index in [1.165, 1.54) is 6.07 Å². The molecule has 1 aromatic heterocycles. The van der Waals surface area contributed by atoms with E-state index in [2.05, 4.69) is 6.07 Å². The summed E-state index contributed by atoms with van der Waals surface area (Å²) in [6, 6.07) is 24.3. The third kappa shape index (κ3) is 4.42. The van der Waals surface area contributed by atoms with E-state index >= 15 is 0 Å². The zero-order valence-electron chi connectivity index (χ0n) is 17.1. The van der Waals surface area contributed by atoms with Gasteiger partial charge >= 0.3 is 11.6 Å². The van der Waals surface area contributed by atoms with Crippen LogP contribution in [0.4, 0.5) is 0 Å². The van der Waals surface area contributed by atoms with E-state index in [1.807, 2.05) is 0 Å². The van der Waals surface area contributed by atoms with Crippen LogP contribution in [-0.4, -0.2) is 13.1 Å². The molecular formula is C26H17NO5. The lowest BCUT2D eigenvalue weighted by atomic mass is 10.0. The molecule has 4 aromatic rings. The van der Waals surface area contributed by atoms with Crippen molar-refractivity contribution in [2.24, 2.45) is 0 Å². The molecular weight excluding hydrogens is 406 g/mol. The Labute approximate surface area is 183 Å². The number of methoxy groups -OCH3 is 1. The summed E-state index contributed by atoms with van der Waals surface area (Å²) in [5.41, 5.74) is 1.25. The molecule has 0 radical (unpaired) electrons. The number of ether oxygens (including phenoxy) is 2. The molecule has 0 fully saturated rings. The first-order valence-corrected chi connectivity index (χ1v) is 9.69. The Kier molecular flexibility index (Phi) is 5.82. The Balaban J connectivity index is 1.59. The highest BCUT2D eigenvalue weighted by Gasteiger charge is 2.16. The number of nitrogens with zero attached hydrogens (tertiary/aromatic N) is 1. The lowest BCUT2D eigenvalue weighted by Gasteiger charge is -2.06. The average molecular weight is 423 g/mol. The Morgan fingerprint density at radius 2 is 1.75 bits per heavy atom. The lowest BCUT2D eigenvalue weighted by molar-refractivity contribution is 0.0730. The fraction of sp³-hybridized carbons (Fsp3) is 0.0385. The number of rotatable bonds is 5. The minimum atomic E-state index is -0.818. The van der Waals surface area contributed by atoms with Crippen LogP contribution in [0.15, 0.2) is 88.1 Å². The highest BCUT2D eigenvalue weighted by molar-refractivity contribution is 5.94. The molecule has 3 aromatic carbocycles. The second-order valence-corrected chi connectivity index (χ2v) is 6.85. The van der Waals surface area contributed by atoms with E-state index in [-0.39, 0.29) is 11.3 Å². The number of allylic oxidation sites excluding steroid dienone is 1. The van der Waals surface area contributed by atoms with Crippen LogP contribution in [0.2, 0.25) is 0 Å². The third-order valence-electron chi connectivity index (χ3n) is 4.76. The van der Waals surface area contributed by atoms with Crippen LogP contribution in [0.3, 0.4) is 0 Å². The van der Waals surface area contributed by atoms with Crippen LogP contribution in [0.5, 0.6) is 11.5 Å². The molecule has 0 bridgehead atoms. The maximum absolute atomic E-state index is 12.6. The van der Waals surface area contributed by atoms with Crippen molar-refractivity contribution in [3.05, 3.63) is 106 Å². The topological polar surface area (TPSA) is 89.5 Å². The molecule has 6 heteroatoms. The van der Waals surface area contributed by atoms with Gasteiger partial charge < -0.3 is 13.9 Å². The number of carbonyl (C=O) groups excluding carboxylic acids is 1. The first-order valence-electron chi connectivity index (χ1n) is 9.69. The smallest absolute Gasteiger partial charge is 0.351 e. The predicted octanol–water partition coefficient (Wildman–Crippen LogP) is 5.08. The van der Waals surface area contributed by atoms with Crippen LogP contribution in [0, 0.1) is 11.3 Å². The largest absolute Gasteiger partial charge is 0.497 e. The number of hydrogen-bond donors (Lipinski definition) is 0. The molecule has 0 unspecified atom stereocenters. The molecule has 4 rings (SSSR count). The van der Waals surface area contributed by atoms with Gasteiger partial charge in [0.2, 0.25) is 0 Å². The van der Waals surface area contributed by atoms with Crippen molar-refractivity contribution < 1.29 is 18.7 Å². The lowest BCUT2D eigenvalue weighted by Crippen LogP contribution is -2.18. The van der Waals surface area contributed by atoms with Gasteiger partial charge in [0.05, 0.1) is 18.8 Å². The highest BCUT2D eigenvalue weighted by atomic mass is 16.5. The number of fused-ring (bicyclic) bond motifs is 1. The summed E-state index contributed by atoms with van der Waals surface area (Å²) in [5, 5.41) is 10.2. The summed E-state index contributed by atoms with van der Waals surface area (Å²) < 4.78 is 15.7. The van der Waals surface area contributed by atoms with E-state index in [0.29, 0.717) is 27.9 Å². The van der Waals surface area contributed by atoms with Crippen molar-refractivity contribution in [3.8, 4) is 17.6 Å². The molecule has 32 heavy (non-hydrogen) atoms. The fourth-order valence-electron chi connectivity index (χ4n) is 3.15. The Morgan fingerprint density at radius 1 is 0.969 bits per heavy atom. The standard InChI is InChI=1S/C26H17NO5/c1-30-21-11-9-18(10-12-21)20(16-27)13-17-5-4-7-22(14-17)31-25(28)23-15-19-6-2-3-8-24(19)32-26(23)29/h2-15H,1H3/b20-13-. The van der Waals surface area contributed by atoms with E-state index in [4.69, 9.17) is 13.9 Å². The monoisotopic (exact) mass is 423 g/mol. The van der Waals surface area contributed by atoms with Crippen LogP contribution >= 0.6 is 0 Å². The molecule has 0 N–H and O–H groups in total. The van der Waals surface area contributed by atoms with E-state index < -0.39 is 11.6 Å². The van der Waals surface area contributed by atoms with Crippen molar-refractivity contribution in [2.75, 3.05) is 7.11 Å². The molecule has 6 nitrogen and oxygen atoms in total. The summed E-state index contributed by atoms with van der Waals surface area (Å²) >= 11 is 0. The summed E-state index contributed by atoms with van der Waals surface area (Å²) in [7, 11) is 1.57. The molecule has 0 aliphatic carbocycles. The van der Waals surface area contributed by atoms with Crippen molar-refractivity contribution in [2.45, 2.75) is 0 Å². The number of nitriles is 1. The minimum Gasteiger partial charge on any atom is -0.497 e. The van der Waals surface area contributed by atoms with E-state index in [1.54, 1.807) is 86.0 Å². The van der Waals surface area contributed by atoms with Gasteiger partial charge in [0.1, 0.15) is 22.6 Å². The summed E-state index contributed by atoms with van der Waals surface area (Å²) in [6.45, 7) is 0. The van der Waals surface area contributed by atoms with Crippen LogP contribution in [-0.2, 0) is 0 Å². The maximum atomic E-state index is 12.6. The molecule has 0 amide bonds. The van der Waals surface area contributed by atoms with Crippen molar-refractivity contribution in [3.63, 3.8) is 0 Å². The third-order valence-corrected chi connectivity index (χ3v) is 4.76. The van der Waals surface area contributed by atoms with Gasteiger partial charge in [-0.25, -0.2) is 9.59 Å². The van der Waals surface area contributed by atoms with Crippen molar-refractivity contribution in [1.29, 1.82) is 5.26 Å². The average Bonchev–Trinajstić information content (AvgIpc) is 2.82. The van der Waals surface area contributed by atoms with Gasteiger partial charge in [-0.1, -0.05) is 30.3 Å². The number of hydrogen-bond acceptors (Lipinski definition) is 6. The summed E-state index contributed by atoms with van der Waals surface area (Å²) in [5.74, 6) is 0.114. The van der Waals surface area contributed by atoms with Crippen LogP contribution < -0.4 is 15.1 Å². The number of carbonyl (C=O) groups is 1. The van der Waals surface area contributed by atoms with Crippen LogP contribution in [0.1, 0.15) is 21.5 Å². The zero-order valence-corrected chi connectivity index (χ0v) is 17.1. The van der Waals surface area contributed by atoms with E-state index in [0.717, 1.165) is 5.56 Å². The first kappa shape index (κ1) is 20.6. The molecule has 0 atom stereocenters. The van der Waals surface area contributed by atoms with Crippen molar-refractivity contribution in [1.82, 2.24) is 0 Å². The van der Waals surface area contributed by atoms with Gasteiger partial charge in [-0.2, -0.15) is 5.26 Å². The van der Waals surface area contributed by atoms with Gasteiger partial charge in [0.25, 0.3) is 0 Å². The van der Waals surface area contributed by atoms with E-state index in [9.17, 15) is 14.9 Å². The minimum absolute atomic E-state index is 0.194. The second kappa shape index (κ2) is 9.02. The SMILES string of the molecule is COc1ccc(/C(C#N)=C\c2cccc(OC(=O)c3cc4ccccc4oc3=O)c2)cc1. The summed E-state index contributed by atoms with van der Waals surface area (Å²) in [6.07, 6.45) is 1.68. The summed E-state index contributed by atoms with van der Waals surface area (Å²) in [4.78, 5) is 24.8. The molecule has 0 aliphatic heterocycles. The van der Waals surface area contributed by atoms with Gasteiger partial charge in [0, 0.05) is 5.39 Å². The normalized spacial score (nSPS) is 11.1. The molecule has 156 valence electrons. The van der Waals surface area contributed by atoms with Gasteiger partial charge in [-0.05, 0) is 65.7 Å². The molecule has 0 saturated heterocycles. The van der Waals surface area contributed by atoms with Gasteiger partial charge in [-0.3, -0.25) is 0 Å². The maximum Gasteiger partial charge on any atom is 0.351 e. The Hall–Kier alpha value is -4.63. The Bertz CT molecular complexity index is 1430. The van der Waals surface area contributed by atoms with Gasteiger partial charge in [-0.15, -0.1) is 0 Å². The number of esters is 1. The Morgan fingerprint density at radius 3 is 2.50 bits per heavy atom. The molecule has 0 spiro atoms. The first-order chi connectivity index (χ1) is 15.6. The van der Waals surface area contributed by atoms with Crippen LogP contribution in [0.25, 0.3) is 22.6 Å². The zero-order chi connectivity index (χ0) is 22.5. The fourth-order valence-corrected chi connectivity index (χ4v) is 3.15. The predicted molar refractivity (Wildman–Crippen MR) is 120 cm³/mol. The quantitative estimate of drug-likeness (QED) is 0.146. The highest BCUT2D eigenvalue weighted by Crippen LogP contribution is 2.23.